The molecule has 0 atom stereocenters. The monoisotopic (exact) mass is 274 g/mol. The Hall–Kier alpha value is -1.81. The van der Waals surface area contributed by atoms with E-state index in [-0.39, 0.29) is 11.6 Å². The van der Waals surface area contributed by atoms with Crippen LogP contribution in [0.4, 0.5) is 0 Å². The molecule has 4 nitrogen and oxygen atoms in total. The molecular weight excluding hydrogens is 252 g/mol. The molecule has 2 rings (SSSR count). The summed E-state index contributed by atoms with van der Waals surface area (Å²) in [5.74, 6) is 0.751. The van der Waals surface area contributed by atoms with Crippen molar-refractivity contribution in [2.24, 2.45) is 0 Å². The molecule has 4 heteroatoms. The average Bonchev–Trinajstić information content (AvgIpc) is 2.83. The molecule has 0 amide bonds. The number of oxazole rings is 1. The molecule has 1 N–H and O–H groups in total. The molecule has 0 spiro atoms. The van der Waals surface area contributed by atoms with Crippen LogP contribution >= 0.6 is 0 Å². The van der Waals surface area contributed by atoms with Gasteiger partial charge in [-0.15, -0.1) is 0 Å². The maximum atomic E-state index is 5.63. The average molecular weight is 274 g/mol. The standard InChI is InChI=1S/C16H22N2O2/c1-5-12-7-6-8-14(9-12)20-15-18-13(11-19-15)10-17-16(2,3)4/h6-9,11,17H,5,10H2,1-4H3. The third-order valence-electron chi connectivity index (χ3n) is 2.84. The van der Waals surface area contributed by atoms with E-state index in [1.807, 2.05) is 18.2 Å². The van der Waals surface area contributed by atoms with Crippen LogP contribution in [-0.2, 0) is 13.0 Å². The maximum Gasteiger partial charge on any atom is 0.399 e. The molecule has 1 aromatic carbocycles. The number of aryl methyl sites for hydroxylation is 1. The Bertz CT molecular complexity index is 556. The third-order valence-corrected chi connectivity index (χ3v) is 2.84. The number of aromatic nitrogens is 1. The van der Waals surface area contributed by atoms with Gasteiger partial charge in [0.2, 0.25) is 0 Å². The van der Waals surface area contributed by atoms with E-state index in [0.717, 1.165) is 17.9 Å². The molecule has 0 radical (unpaired) electrons. The highest BCUT2D eigenvalue weighted by Gasteiger charge is 2.11. The molecule has 1 aromatic heterocycles. The smallest absolute Gasteiger partial charge is 0.399 e. The van der Waals surface area contributed by atoms with E-state index < -0.39 is 0 Å². The van der Waals surface area contributed by atoms with Crippen LogP contribution in [0.25, 0.3) is 0 Å². The molecule has 108 valence electrons. The van der Waals surface area contributed by atoms with Crippen molar-refractivity contribution < 1.29 is 9.15 Å². The lowest BCUT2D eigenvalue weighted by molar-refractivity contribution is 0.330. The van der Waals surface area contributed by atoms with Gasteiger partial charge in [-0.3, -0.25) is 0 Å². The van der Waals surface area contributed by atoms with Gasteiger partial charge in [0.25, 0.3) is 0 Å². The van der Waals surface area contributed by atoms with Crippen molar-refractivity contribution >= 4 is 0 Å². The molecule has 2 aromatic rings. The lowest BCUT2D eigenvalue weighted by Crippen LogP contribution is -2.35. The largest absolute Gasteiger partial charge is 0.417 e. The van der Waals surface area contributed by atoms with Gasteiger partial charge in [0.05, 0.1) is 5.69 Å². The molecule has 0 fully saturated rings. The van der Waals surface area contributed by atoms with Gasteiger partial charge in [0, 0.05) is 12.1 Å². The van der Waals surface area contributed by atoms with E-state index in [1.54, 1.807) is 6.26 Å². The number of hydrogen-bond acceptors (Lipinski definition) is 4. The van der Waals surface area contributed by atoms with Crippen LogP contribution in [0.2, 0.25) is 0 Å². The Labute approximate surface area is 120 Å². The normalized spacial score (nSPS) is 11.6. The summed E-state index contributed by atoms with van der Waals surface area (Å²) in [5.41, 5.74) is 2.11. The van der Waals surface area contributed by atoms with Crippen molar-refractivity contribution in [3.8, 4) is 11.8 Å². The lowest BCUT2D eigenvalue weighted by atomic mass is 10.1. The second-order valence-corrected chi connectivity index (χ2v) is 5.81. The quantitative estimate of drug-likeness (QED) is 0.897. The Morgan fingerprint density at radius 3 is 2.80 bits per heavy atom. The van der Waals surface area contributed by atoms with Gasteiger partial charge in [-0.25, -0.2) is 0 Å². The second kappa shape index (κ2) is 6.09. The number of benzene rings is 1. The fraction of sp³-hybridized carbons (Fsp3) is 0.438. The summed E-state index contributed by atoms with van der Waals surface area (Å²) < 4.78 is 11.0. The summed E-state index contributed by atoms with van der Waals surface area (Å²) >= 11 is 0. The van der Waals surface area contributed by atoms with Crippen LogP contribution in [-0.4, -0.2) is 10.5 Å². The second-order valence-electron chi connectivity index (χ2n) is 5.81. The summed E-state index contributed by atoms with van der Waals surface area (Å²) in [7, 11) is 0. The van der Waals surface area contributed by atoms with E-state index in [9.17, 15) is 0 Å². The number of ether oxygens (including phenoxy) is 1. The minimum absolute atomic E-state index is 0.0510. The summed E-state index contributed by atoms with van der Waals surface area (Å²) in [6.45, 7) is 9.11. The number of rotatable bonds is 5. The first-order valence-electron chi connectivity index (χ1n) is 6.92. The van der Waals surface area contributed by atoms with Crippen LogP contribution < -0.4 is 10.1 Å². The predicted octanol–water partition coefficient (Wildman–Crippen LogP) is 3.92. The first-order valence-corrected chi connectivity index (χ1v) is 6.92. The van der Waals surface area contributed by atoms with Gasteiger partial charge in [0.1, 0.15) is 12.0 Å². The highest BCUT2D eigenvalue weighted by molar-refractivity contribution is 5.30. The van der Waals surface area contributed by atoms with Gasteiger partial charge in [-0.2, -0.15) is 4.98 Å². The van der Waals surface area contributed by atoms with E-state index in [2.05, 4.69) is 44.1 Å². The van der Waals surface area contributed by atoms with Crippen LogP contribution in [0.5, 0.6) is 11.8 Å². The minimum Gasteiger partial charge on any atom is -0.417 e. The van der Waals surface area contributed by atoms with Crippen LogP contribution in [0.15, 0.2) is 34.9 Å². The number of hydrogen-bond donors (Lipinski definition) is 1. The Kier molecular flexibility index (Phi) is 4.45. The van der Waals surface area contributed by atoms with E-state index in [4.69, 9.17) is 9.15 Å². The predicted molar refractivity (Wildman–Crippen MR) is 79.0 cm³/mol. The first kappa shape index (κ1) is 14.6. The molecular formula is C16H22N2O2. The lowest BCUT2D eigenvalue weighted by Gasteiger charge is -2.19. The van der Waals surface area contributed by atoms with E-state index in [0.29, 0.717) is 6.54 Å². The highest BCUT2D eigenvalue weighted by atomic mass is 16.6. The molecule has 0 saturated carbocycles. The first-order chi connectivity index (χ1) is 9.46. The highest BCUT2D eigenvalue weighted by Crippen LogP contribution is 2.22. The zero-order valence-corrected chi connectivity index (χ0v) is 12.6. The fourth-order valence-electron chi connectivity index (χ4n) is 1.70. The minimum atomic E-state index is 0.0510. The Morgan fingerprint density at radius 2 is 2.10 bits per heavy atom. The van der Waals surface area contributed by atoms with Gasteiger partial charge < -0.3 is 14.5 Å². The Morgan fingerprint density at radius 1 is 1.30 bits per heavy atom. The van der Waals surface area contributed by atoms with Gasteiger partial charge in [0.15, 0.2) is 0 Å². The summed E-state index contributed by atoms with van der Waals surface area (Å²) in [6, 6.07) is 7.94. The van der Waals surface area contributed by atoms with Gasteiger partial charge >= 0.3 is 6.08 Å². The Balaban J connectivity index is 1.98. The summed E-state index contributed by atoms with van der Waals surface area (Å²) in [4.78, 5) is 4.31. The maximum absolute atomic E-state index is 5.63. The number of nitrogens with zero attached hydrogens (tertiary/aromatic N) is 1. The fourth-order valence-corrected chi connectivity index (χ4v) is 1.70. The molecule has 0 unspecified atom stereocenters. The summed E-state index contributed by atoms with van der Waals surface area (Å²) in [6.07, 6.45) is 2.88. The van der Waals surface area contributed by atoms with Crippen molar-refractivity contribution in [3.63, 3.8) is 0 Å². The summed E-state index contributed by atoms with van der Waals surface area (Å²) in [5, 5.41) is 3.36. The van der Waals surface area contributed by atoms with Crippen molar-refractivity contribution in [1.29, 1.82) is 0 Å². The van der Waals surface area contributed by atoms with Crippen molar-refractivity contribution in [2.45, 2.75) is 46.2 Å². The van der Waals surface area contributed by atoms with Crippen LogP contribution in [0.1, 0.15) is 39.0 Å². The molecule has 0 saturated heterocycles. The van der Waals surface area contributed by atoms with Crippen molar-refractivity contribution in [1.82, 2.24) is 10.3 Å². The molecule has 0 aliphatic heterocycles. The van der Waals surface area contributed by atoms with Crippen LogP contribution in [0, 0.1) is 0 Å². The van der Waals surface area contributed by atoms with Gasteiger partial charge in [-0.05, 0) is 44.9 Å². The SMILES string of the molecule is CCc1cccc(Oc2nc(CNC(C)(C)C)co2)c1. The van der Waals surface area contributed by atoms with E-state index in [1.165, 1.54) is 5.56 Å². The molecule has 0 aliphatic rings. The number of nitrogens with one attached hydrogen (secondary N) is 1. The third kappa shape index (κ3) is 4.38. The topological polar surface area (TPSA) is 47.3 Å². The van der Waals surface area contributed by atoms with Gasteiger partial charge in [-0.1, -0.05) is 19.1 Å². The molecule has 1 heterocycles. The molecule has 0 aliphatic carbocycles. The van der Waals surface area contributed by atoms with Crippen molar-refractivity contribution in [3.05, 3.63) is 41.8 Å². The molecule has 20 heavy (non-hydrogen) atoms. The van der Waals surface area contributed by atoms with Crippen LogP contribution in [0.3, 0.4) is 0 Å². The zero-order chi connectivity index (χ0) is 14.6. The van der Waals surface area contributed by atoms with Crippen molar-refractivity contribution in [2.75, 3.05) is 0 Å². The molecule has 0 bridgehead atoms. The zero-order valence-electron chi connectivity index (χ0n) is 12.6. The van der Waals surface area contributed by atoms with E-state index >= 15 is 0 Å².